The average Bonchev–Trinajstić information content (AvgIpc) is 2.39. The number of aromatic nitrogens is 2. The fourth-order valence-electron chi connectivity index (χ4n) is 1.93. The van der Waals surface area contributed by atoms with E-state index >= 15 is 0 Å². The van der Waals surface area contributed by atoms with Gasteiger partial charge in [-0.25, -0.2) is 15.4 Å². The molecule has 1 N–H and O–H groups in total. The highest BCUT2D eigenvalue weighted by atomic mass is 16.3. The molecule has 0 radical (unpaired) electrons. The molecule has 2 aromatic carbocycles. The first-order chi connectivity index (χ1) is 8.40. The second-order valence-corrected chi connectivity index (χ2v) is 3.61. The highest BCUT2D eigenvalue weighted by molar-refractivity contribution is 6.08. The van der Waals surface area contributed by atoms with Crippen molar-refractivity contribution >= 4 is 27.5 Å². The zero-order chi connectivity index (χ0) is 11.7. The van der Waals surface area contributed by atoms with Crippen molar-refractivity contribution in [3.8, 4) is 0 Å². The summed E-state index contributed by atoms with van der Waals surface area (Å²) in [4.78, 5) is 18.5. The van der Waals surface area contributed by atoms with E-state index in [1.165, 1.54) is 6.33 Å². The van der Waals surface area contributed by atoms with Gasteiger partial charge in [-0.05, 0) is 11.5 Å². The number of hydrogen-bond donors (Lipinski definition) is 1. The highest BCUT2D eigenvalue weighted by Gasteiger charge is 2.06. The van der Waals surface area contributed by atoms with Gasteiger partial charge in [-0.1, -0.05) is 30.3 Å². The number of rotatable bonds is 2. The molecule has 0 saturated carbocycles. The van der Waals surface area contributed by atoms with Crippen LogP contribution in [0.25, 0.3) is 21.7 Å². The topological polar surface area (TPSA) is 67.2 Å². The van der Waals surface area contributed by atoms with Crippen LogP contribution < -0.4 is 5.43 Å². The summed E-state index contributed by atoms with van der Waals surface area (Å²) in [5, 5.41) is 5.56. The van der Waals surface area contributed by atoms with Crippen molar-refractivity contribution < 1.29 is 0 Å². The molecule has 17 heavy (non-hydrogen) atoms. The lowest BCUT2D eigenvalue weighted by atomic mass is 10.1. The van der Waals surface area contributed by atoms with Gasteiger partial charge in [0.05, 0.1) is 10.8 Å². The van der Waals surface area contributed by atoms with Gasteiger partial charge in [-0.3, -0.25) is 0 Å². The van der Waals surface area contributed by atoms with Gasteiger partial charge in [0.25, 0.3) is 0 Å². The van der Waals surface area contributed by atoms with Gasteiger partial charge in [-0.15, -0.1) is 4.91 Å². The summed E-state index contributed by atoms with van der Waals surface area (Å²) in [6.45, 7) is 0. The van der Waals surface area contributed by atoms with Crippen molar-refractivity contribution in [3.63, 3.8) is 0 Å². The van der Waals surface area contributed by atoms with Crippen LogP contribution in [0, 0.1) is 4.91 Å². The molecule has 0 atom stereocenters. The van der Waals surface area contributed by atoms with E-state index in [2.05, 4.69) is 20.7 Å². The van der Waals surface area contributed by atoms with Crippen LogP contribution in [0.3, 0.4) is 0 Å². The quantitative estimate of drug-likeness (QED) is 0.413. The van der Waals surface area contributed by atoms with Crippen molar-refractivity contribution in [1.82, 2.24) is 9.97 Å². The number of fused-ring (bicyclic) bond motifs is 3. The standard InChI is InChI=1S/C12H8N4O/c17-16-15-12-10-6-5-8-3-1-2-4-9(8)11(10)13-7-14-12/h1-7H,(H,13,14,15,17). The number of nitrogens with one attached hydrogen (secondary N) is 1. The Hall–Kier alpha value is -2.56. The molecule has 5 heteroatoms. The Kier molecular flexibility index (Phi) is 2.15. The van der Waals surface area contributed by atoms with Gasteiger partial charge in [0, 0.05) is 10.8 Å². The predicted molar refractivity (Wildman–Crippen MR) is 66.5 cm³/mol. The highest BCUT2D eigenvalue weighted by Crippen LogP contribution is 2.26. The summed E-state index contributed by atoms with van der Waals surface area (Å²) in [5.41, 5.74) is 3.14. The number of anilines is 1. The van der Waals surface area contributed by atoms with E-state index in [9.17, 15) is 4.91 Å². The Morgan fingerprint density at radius 2 is 1.88 bits per heavy atom. The first kappa shape index (κ1) is 9.65. The molecule has 0 bridgehead atoms. The third-order valence-corrected chi connectivity index (χ3v) is 2.68. The molecule has 3 rings (SSSR count). The molecule has 82 valence electrons. The lowest BCUT2D eigenvalue weighted by Crippen LogP contribution is -1.93. The minimum atomic E-state index is 0.427. The van der Waals surface area contributed by atoms with Gasteiger partial charge in [0.15, 0.2) is 5.82 Å². The molecular weight excluding hydrogens is 216 g/mol. The largest absolute Gasteiger partial charge is 0.236 e. The molecule has 0 amide bonds. The number of nitrogens with zero attached hydrogens (tertiary/aromatic N) is 3. The van der Waals surface area contributed by atoms with Gasteiger partial charge < -0.3 is 0 Å². The van der Waals surface area contributed by atoms with Crippen LogP contribution in [-0.2, 0) is 0 Å². The van der Waals surface area contributed by atoms with Crippen LogP contribution in [0.4, 0.5) is 5.82 Å². The predicted octanol–water partition coefficient (Wildman–Crippen LogP) is 2.88. The zero-order valence-corrected chi connectivity index (χ0v) is 8.79. The monoisotopic (exact) mass is 224 g/mol. The lowest BCUT2D eigenvalue weighted by molar-refractivity contribution is 1.18. The summed E-state index contributed by atoms with van der Waals surface area (Å²) in [6, 6.07) is 11.8. The number of benzene rings is 2. The van der Waals surface area contributed by atoms with E-state index in [4.69, 9.17) is 0 Å². The minimum absolute atomic E-state index is 0.427. The van der Waals surface area contributed by atoms with Crippen molar-refractivity contribution in [2.24, 2.45) is 5.29 Å². The van der Waals surface area contributed by atoms with E-state index in [-0.39, 0.29) is 0 Å². The van der Waals surface area contributed by atoms with Crippen LogP contribution in [0.5, 0.6) is 0 Å². The Morgan fingerprint density at radius 3 is 2.76 bits per heavy atom. The fourth-order valence-corrected chi connectivity index (χ4v) is 1.93. The second kappa shape index (κ2) is 3.79. The maximum absolute atomic E-state index is 10.3. The molecule has 0 unspecified atom stereocenters. The minimum Gasteiger partial charge on any atom is -0.236 e. The van der Waals surface area contributed by atoms with Crippen LogP contribution in [-0.4, -0.2) is 9.97 Å². The molecule has 0 aliphatic rings. The van der Waals surface area contributed by atoms with E-state index in [0.717, 1.165) is 21.7 Å². The molecule has 0 spiro atoms. The number of hydrogen-bond acceptors (Lipinski definition) is 4. The van der Waals surface area contributed by atoms with Crippen LogP contribution in [0.15, 0.2) is 48.0 Å². The molecule has 0 saturated heterocycles. The Balaban J connectivity index is 2.43. The van der Waals surface area contributed by atoms with Crippen LogP contribution in [0.1, 0.15) is 0 Å². The number of nitroso groups, excluding NO2 is 1. The Bertz CT molecular complexity index is 711. The zero-order valence-electron chi connectivity index (χ0n) is 8.79. The molecule has 0 fully saturated rings. The first-order valence-electron chi connectivity index (χ1n) is 5.11. The molecular formula is C12H8N4O. The Labute approximate surface area is 96.4 Å². The summed E-state index contributed by atoms with van der Waals surface area (Å²) in [6.07, 6.45) is 1.42. The van der Waals surface area contributed by atoms with Crippen molar-refractivity contribution in [2.45, 2.75) is 0 Å². The van der Waals surface area contributed by atoms with Crippen LogP contribution >= 0.6 is 0 Å². The van der Waals surface area contributed by atoms with E-state index in [1.54, 1.807) is 0 Å². The van der Waals surface area contributed by atoms with Crippen molar-refractivity contribution in [2.75, 3.05) is 5.43 Å². The smallest absolute Gasteiger partial charge is 0.160 e. The molecule has 0 aliphatic carbocycles. The summed E-state index contributed by atoms with van der Waals surface area (Å²) in [5.74, 6) is 0.427. The third-order valence-electron chi connectivity index (χ3n) is 2.68. The van der Waals surface area contributed by atoms with E-state index < -0.39 is 0 Å². The maximum atomic E-state index is 10.3. The van der Waals surface area contributed by atoms with Gasteiger partial charge in [-0.2, -0.15) is 0 Å². The summed E-state index contributed by atoms with van der Waals surface area (Å²) >= 11 is 0. The molecule has 5 nitrogen and oxygen atoms in total. The fraction of sp³-hybridized carbons (Fsp3) is 0. The maximum Gasteiger partial charge on any atom is 0.160 e. The van der Waals surface area contributed by atoms with Gasteiger partial charge in [0.2, 0.25) is 0 Å². The normalized spacial score (nSPS) is 10.6. The Morgan fingerprint density at radius 1 is 1.00 bits per heavy atom. The molecule has 1 heterocycles. The second-order valence-electron chi connectivity index (χ2n) is 3.61. The lowest BCUT2D eigenvalue weighted by Gasteiger charge is -2.05. The third kappa shape index (κ3) is 1.48. The van der Waals surface area contributed by atoms with Crippen molar-refractivity contribution in [1.29, 1.82) is 0 Å². The summed E-state index contributed by atoms with van der Waals surface area (Å²) in [7, 11) is 0. The van der Waals surface area contributed by atoms with E-state index in [0.29, 0.717) is 5.82 Å². The van der Waals surface area contributed by atoms with Gasteiger partial charge >= 0.3 is 0 Å². The van der Waals surface area contributed by atoms with Gasteiger partial charge in [0.1, 0.15) is 6.33 Å². The average molecular weight is 224 g/mol. The first-order valence-corrected chi connectivity index (χ1v) is 5.11. The molecule has 0 aliphatic heterocycles. The van der Waals surface area contributed by atoms with E-state index in [1.807, 2.05) is 36.4 Å². The molecule has 1 aromatic heterocycles. The SMILES string of the molecule is O=NNc1ncnc2c1ccc1ccccc12. The van der Waals surface area contributed by atoms with Crippen molar-refractivity contribution in [3.05, 3.63) is 47.6 Å². The van der Waals surface area contributed by atoms with Crippen LogP contribution in [0.2, 0.25) is 0 Å². The molecule has 3 aromatic rings. The summed E-state index contributed by atoms with van der Waals surface area (Å²) < 4.78 is 0.